The molecule has 16 heavy (non-hydrogen) atoms. The topological polar surface area (TPSA) is 53.2 Å². The van der Waals surface area contributed by atoms with Gasteiger partial charge in [-0.15, -0.1) is 0 Å². The highest BCUT2D eigenvalue weighted by molar-refractivity contribution is 5.93. The maximum Gasteiger partial charge on any atom is 0.270 e. The fourth-order valence-corrected chi connectivity index (χ4v) is 2.15. The van der Waals surface area contributed by atoms with Crippen LogP contribution in [0.15, 0.2) is 12.1 Å². The fourth-order valence-electron chi connectivity index (χ4n) is 2.15. The molecule has 1 aromatic rings. The number of aromatic amines is 1. The lowest BCUT2D eigenvalue weighted by Crippen LogP contribution is -2.39. The van der Waals surface area contributed by atoms with E-state index in [1.165, 1.54) is 6.42 Å². The Hall–Kier alpha value is -1.58. The smallest absolute Gasteiger partial charge is 0.270 e. The summed E-state index contributed by atoms with van der Waals surface area (Å²) in [6.07, 6.45) is 2.97. The maximum atomic E-state index is 12.1. The van der Waals surface area contributed by atoms with Crippen molar-refractivity contribution in [3.05, 3.63) is 23.5 Å². The summed E-state index contributed by atoms with van der Waals surface area (Å²) in [4.78, 5) is 27.2. The molecule has 2 rings (SSSR count). The van der Waals surface area contributed by atoms with E-state index >= 15 is 0 Å². The molecule has 1 N–H and O–H groups in total. The van der Waals surface area contributed by atoms with Gasteiger partial charge in [0.2, 0.25) is 0 Å². The minimum Gasteiger partial charge on any atom is -0.348 e. The second kappa shape index (κ2) is 4.51. The van der Waals surface area contributed by atoms with Crippen LogP contribution in [0.3, 0.4) is 0 Å². The molecule has 1 atom stereocenters. The minimum atomic E-state index is -0.000324. The largest absolute Gasteiger partial charge is 0.348 e. The summed E-state index contributed by atoms with van der Waals surface area (Å²) < 4.78 is 0. The van der Waals surface area contributed by atoms with E-state index in [4.69, 9.17) is 0 Å². The lowest BCUT2D eigenvalue weighted by atomic mass is 10.0. The standard InChI is InChI=1S/C12H16N2O2/c1-9-3-2-6-14(7-9)12(16)11-5-4-10(8-15)13-11/h4-5,8-9,13H,2-3,6-7H2,1H3/t9-/m1/s1. The van der Waals surface area contributed by atoms with E-state index in [2.05, 4.69) is 11.9 Å². The zero-order chi connectivity index (χ0) is 11.5. The van der Waals surface area contributed by atoms with Gasteiger partial charge in [0.15, 0.2) is 6.29 Å². The van der Waals surface area contributed by atoms with Crippen molar-refractivity contribution in [3.63, 3.8) is 0 Å². The molecule has 0 spiro atoms. The highest BCUT2D eigenvalue weighted by atomic mass is 16.2. The third-order valence-electron chi connectivity index (χ3n) is 3.01. The van der Waals surface area contributed by atoms with Crippen LogP contribution < -0.4 is 0 Å². The van der Waals surface area contributed by atoms with Gasteiger partial charge in [-0.2, -0.15) is 0 Å². The SMILES string of the molecule is C[C@@H]1CCCN(C(=O)c2ccc(C=O)[nH]2)C1. The first-order chi connectivity index (χ1) is 7.70. The molecule has 1 fully saturated rings. The van der Waals surface area contributed by atoms with E-state index in [-0.39, 0.29) is 5.91 Å². The Kier molecular flexibility index (Phi) is 3.08. The first-order valence-electron chi connectivity index (χ1n) is 5.64. The molecule has 4 nitrogen and oxygen atoms in total. The normalized spacial score (nSPS) is 20.8. The number of piperidine rings is 1. The number of hydrogen-bond donors (Lipinski definition) is 1. The highest BCUT2D eigenvalue weighted by Gasteiger charge is 2.22. The Labute approximate surface area is 94.6 Å². The first kappa shape index (κ1) is 10.9. The zero-order valence-corrected chi connectivity index (χ0v) is 9.40. The van der Waals surface area contributed by atoms with Crippen molar-refractivity contribution in [2.75, 3.05) is 13.1 Å². The first-order valence-corrected chi connectivity index (χ1v) is 5.64. The number of H-pyrrole nitrogens is 1. The molecule has 1 aromatic heterocycles. The summed E-state index contributed by atoms with van der Waals surface area (Å²) in [5, 5.41) is 0. The number of aldehydes is 1. The summed E-state index contributed by atoms with van der Waals surface area (Å²) in [5.74, 6) is 0.567. The highest BCUT2D eigenvalue weighted by Crippen LogP contribution is 2.17. The molecule has 1 aliphatic heterocycles. The van der Waals surface area contributed by atoms with Gasteiger partial charge in [-0.25, -0.2) is 0 Å². The number of rotatable bonds is 2. The van der Waals surface area contributed by atoms with Crippen LogP contribution in [0, 0.1) is 5.92 Å². The van der Waals surface area contributed by atoms with Crippen molar-refractivity contribution in [2.45, 2.75) is 19.8 Å². The second-order valence-corrected chi connectivity index (χ2v) is 4.44. The van der Waals surface area contributed by atoms with Crippen LogP contribution in [0.25, 0.3) is 0 Å². The Bertz CT molecular complexity index is 397. The molecule has 2 heterocycles. The summed E-state index contributed by atoms with van der Waals surface area (Å²) in [6.45, 7) is 3.79. The molecule has 1 saturated heterocycles. The second-order valence-electron chi connectivity index (χ2n) is 4.44. The van der Waals surface area contributed by atoms with Gasteiger partial charge in [0.05, 0.1) is 5.69 Å². The third kappa shape index (κ3) is 2.15. The van der Waals surface area contributed by atoms with Crippen LogP contribution >= 0.6 is 0 Å². The van der Waals surface area contributed by atoms with Gasteiger partial charge in [0.1, 0.15) is 5.69 Å². The molecule has 0 bridgehead atoms. The lowest BCUT2D eigenvalue weighted by molar-refractivity contribution is 0.0678. The van der Waals surface area contributed by atoms with Crippen molar-refractivity contribution < 1.29 is 9.59 Å². The Balaban J connectivity index is 2.08. The lowest BCUT2D eigenvalue weighted by Gasteiger charge is -2.30. The van der Waals surface area contributed by atoms with Crippen LogP contribution in [0.1, 0.15) is 40.7 Å². The van der Waals surface area contributed by atoms with E-state index in [0.29, 0.717) is 17.3 Å². The van der Waals surface area contributed by atoms with Gasteiger partial charge in [-0.3, -0.25) is 9.59 Å². The summed E-state index contributed by atoms with van der Waals surface area (Å²) >= 11 is 0. The molecule has 4 heteroatoms. The molecule has 0 saturated carbocycles. The van der Waals surface area contributed by atoms with Crippen LogP contribution in [-0.4, -0.2) is 35.2 Å². The Morgan fingerprint density at radius 2 is 2.38 bits per heavy atom. The van der Waals surface area contributed by atoms with Gasteiger partial charge in [-0.05, 0) is 30.9 Å². The van der Waals surface area contributed by atoms with Crippen LogP contribution in [0.5, 0.6) is 0 Å². The number of hydrogen-bond acceptors (Lipinski definition) is 2. The zero-order valence-electron chi connectivity index (χ0n) is 9.40. The van der Waals surface area contributed by atoms with Gasteiger partial charge in [0.25, 0.3) is 5.91 Å². The number of carbonyl (C=O) groups excluding carboxylic acids is 2. The quantitative estimate of drug-likeness (QED) is 0.771. The monoisotopic (exact) mass is 220 g/mol. The van der Waals surface area contributed by atoms with Crippen molar-refractivity contribution >= 4 is 12.2 Å². The van der Waals surface area contributed by atoms with E-state index in [9.17, 15) is 9.59 Å². The molecule has 0 aliphatic carbocycles. The fraction of sp³-hybridized carbons (Fsp3) is 0.500. The predicted molar refractivity (Wildman–Crippen MR) is 60.5 cm³/mol. The number of nitrogens with one attached hydrogen (secondary N) is 1. The molecule has 0 aromatic carbocycles. The molecule has 86 valence electrons. The average Bonchev–Trinajstić information content (AvgIpc) is 2.76. The van der Waals surface area contributed by atoms with Crippen molar-refractivity contribution in [1.29, 1.82) is 0 Å². The summed E-state index contributed by atoms with van der Waals surface area (Å²) in [7, 11) is 0. The number of amides is 1. The van der Waals surface area contributed by atoms with Crippen LogP contribution in [0.2, 0.25) is 0 Å². The molecule has 0 radical (unpaired) electrons. The molecular formula is C12H16N2O2. The number of likely N-dealkylation sites (tertiary alicyclic amines) is 1. The summed E-state index contributed by atoms with van der Waals surface area (Å²) in [5.41, 5.74) is 0.963. The van der Waals surface area contributed by atoms with Crippen LogP contribution in [-0.2, 0) is 0 Å². The van der Waals surface area contributed by atoms with E-state index in [0.717, 1.165) is 25.8 Å². The van der Waals surface area contributed by atoms with Gasteiger partial charge < -0.3 is 9.88 Å². The van der Waals surface area contributed by atoms with E-state index in [1.54, 1.807) is 12.1 Å². The molecular weight excluding hydrogens is 204 g/mol. The van der Waals surface area contributed by atoms with Gasteiger partial charge >= 0.3 is 0 Å². The van der Waals surface area contributed by atoms with E-state index < -0.39 is 0 Å². The van der Waals surface area contributed by atoms with Crippen LogP contribution in [0.4, 0.5) is 0 Å². The number of carbonyl (C=O) groups is 2. The maximum absolute atomic E-state index is 12.1. The van der Waals surface area contributed by atoms with Gasteiger partial charge in [0, 0.05) is 13.1 Å². The van der Waals surface area contributed by atoms with Gasteiger partial charge in [-0.1, -0.05) is 6.92 Å². The summed E-state index contributed by atoms with van der Waals surface area (Å²) in [6, 6.07) is 3.30. The average molecular weight is 220 g/mol. The minimum absolute atomic E-state index is 0.000324. The van der Waals surface area contributed by atoms with E-state index in [1.807, 2.05) is 4.90 Å². The molecule has 1 aliphatic rings. The Morgan fingerprint density at radius 3 is 3.00 bits per heavy atom. The molecule has 1 amide bonds. The van der Waals surface area contributed by atoms with Crippen molar-refractivity contribution in [2.24, 2.45) is 5.92 Å². The third-order valence-corrected chi connectivity index (χ3v) is 3.01. The van der Waals surface area contributed by atoms with Crippen molar-refractivity contribution in [3.8, 4) is 0 Å². The molecule has 0 unspecified atom stereocenters. The Morgan fingerprint density at radius 1 is 1.56 bits per heavy atom. The number of nitrogens with zero attached hydrogens (tertiary/aromatic N) is 1. The van der Waals surface area contributed by atoms with Crippen molar-refractivity contribution in [1.82, 2.24) is 9.88 Å². The number of aromatic nitrogens is 1. The predicted octanol–water partition coefficient (Wildman–Crippen LogP) is 1.70.